The zero-order chi connectivity index (χ0) is 25.7. The molecule has 186 valence electrons. The molecule has 1 amide bonds. The summed E-state index contributed by atoms with van der Waals surface area (Å²) < 4.78 is 10.5. The van der Waals surface area contributed by atoms with Crippen molar-refractivity contribution in [3.63, 3.8) is 0 Å². The first-order valence-electron chi connectivity index (χ1n) is 11.3. The number of thiol groups is 1. The van der Waals surface area contributed by atoms with Gasteiger partial charge in [-0.15, -0.1) is 12.6 Å². The topological polar surface area (TPSA) is 129 Å². The van der Waals surface area contributed by atoms with Crippen molar-refractivity contribution >= 4 is 40.9 Å². The number of nitrogen functional groups attached to an aromatic ring is 2. The third-order valence-corrected chi connectivity index (χ3v) is 6.02. The van der Waals surface area contributed by atoms with Gasteiger partial charge in [0, 0.05) is 41.0 Å². The van der Waals surface area contributed by atoms with E-state index in [1.165, 1.54) is 7.11 Å². The average Bonchev–Trinajstić information content (AvgIpc) is 2.89. The molecule has 3 aromatic heterocycles. The normalized spacial score (nSPS) is 15.2. The van der Waals surface area contributed by atoms with E-state index in [0.29, 0.717) is 42.4 Å². The van der Waals surface area contributed by atoms with Crippen molar-refractivity contribution < 1.29 is 14.3 Å². The predicted octanol–water partition coefficient (Wildman–Crippen LogP) is 3.70. The number of hydrogen-bond acceptors (Lipinski definition) is 9. The highest BCUT2D eigenvalue weighted by molar-refractivity contribution is 7.80. The lowest BCUT2D eigenvalue weighted by atomic mass is 10.0. The highest BCUT2D eigenvalue weighted by Crippen LogP contribution is 2.29. The Balaban J connectivity index is 0.000000375. The maximum absolute atomic E-state index is 13.1. The predicted molar refractivity (Wildman–Crippen MR) is 143 cm³/mol. The highest BCUT2D eigenvalue weighted by atomic mass is 32.1. The van der Waals surface area contributed by atoms with Crippen LogP contribution in [0, 0.1) is 0 Å². The number of anilines is 2. The van der Waals surface area contributed by atoms with Gasteiger partial charge < -0.3 is 25.8 Å². The highest BCUT2D eigenvalue weighted by Gasteiger charge is 2.26. The van der Waals surface area contributed by atoms with Crippen LogP contribution in [-0.2, 0) is 4.74 Å². The number of benzene rings is 1. The quantitative estimate of drug-likeness (QED) is 0.360. The van der Waals surface area contributed by atoms with Crippen molar-refractivity contribution in [1.82, 2.24) is 19.9 Å². The average molecular weight is 505 g/mol. The molecule has 4 heterocycles. The molecule has 4 aromatic rings. The van der Waals surface area contributed by atoms with Crippen molar-refractivity contribution in [3.05, 3.63) is 66.6 Å². The Morgan fingerprint density at radius 2 is 2.00 bits per heavy atom. The van der Waals surface area contributed by atoms with Gasteiger partial charge in [0.25, 0.3) is 5.91 Å². The first-order valence-corrected chi connectivity index (χ1v) is 11.8. The molecular formula is C26H28N6O3S. The Hall–Kier alpha value is -3.89. The molecule has 1 aliphatic rings. The summed E-state index contributed by atoms with van der Waals surface area (Å²) in [5.41, 5.74) is 15.4. The zero-order valence-corrected chi connectivity index (χ0v) is 21.0. The van der Waals surface area contributed by atoms with Gasteiger partial charge in [0.2, 0.25) is 5.88 Å². The summed E-state index contributed by atoms with van der Waals surface area (Å²) >= 11 is 4.02. The van der Waals surface area contributed by atoms with Gasteiger partial charge in [-0.05, 0) is 48.9 Å². The number of nitrogens with two attached hydrogens (primary N) is 2. The van der Waals surface area contributed by atoms with Gasteiger partial charge in [0.05, 0.1) is 43.1 Å². The third-order valence-electron chi connectivity index (χ3n) is 5.75. The lowest BCUT2D eigenvalue weighted by Gasteiger charge is -2.33. The lowest BCUT2D eigenvalue weighted by Crippen LogP contribution is -2.47. The van der Waals surface area contributed by atoms with E-state index in [0.717, 1.165) is 21.4 Å². The fourth-order valence-corrected chi connectivity index (χ4v) is 4.03. The maximum atomic E-state index is 13.1. The summed E-state index contributed by atoms with van der Waals surface area (Å²) in [6.07, 6.45) is 5.12. The zero-order valence-electron chi connectivity index (χ0n) is 20.1. The van der Waals surface area contributed by atoms with Crippen molar-refractivity contribution in [1.29, 1.82) is 0 Å². The van der Waals surface area contributed by atoms with Gasteiger partial charge in [-0.25, -0.2) is 9.97 Å². The summed E-state index contributed by atoms with van der Waals surface area (Å²) in [4.78, 5) is 28.2. The van der Waals surface area contributed by atoms with Crippen LogP contribution < -0.4 is 16.2 Å². The standard InChI is InChI=1S/C21H23N5O3.C5H5NS/c1-12-11-29-6-5-26(12)21(27)16-8-14-7-13(3-4-18(14)25-19(16)23)15-9-17(22)20(28-2)24-10-15;7-5-2-1-3-6-4-5/h3-4,7-10,12H,5-6,11,22H2,1-2H3,(H2,23,25);1-4,7H. The minimum atomic E-state index is -0.131. The van der Waals surface area contributed by atoms with Crippen LogP contribution in [-0.4, -0.2) is 58.7 Å². The lowest BCUT2D eigenvalue weighted by molar-refractivity contribution is 0.00364. The number of methoxy groups -OCH3 is 1. The van der Waals surface area contributed by atoms with E-state index in [1.54, 1.807) is 35.6 Å². The molecule has 9 nitrogen and oxygen atoms in total. The molecule has 1 atom stereocenters. The number of amides is 1. The van der Waals surface area contributed by atoms with E-state index in [4.69, 9.17) is 20.9 Å². The van der Waals surface area contributed by atoms with E-state index >= 15 is 0 Å². The Kier molecular flexibility index (Phi) is 7.87. The molecule has 1 aromatic carbocycles. The molecular weight excluding hydrogens is 476 g/mol. The van der Waals surface area contributed by atoms with E-state index < -0.39 is 0 Å². The number of rotatable bonds is 3. The van der Waals surface area contributed by atoms with E-state index in [1.807, 2.05) is 37.3 Å². The largest absolute Gasteiger partial charge is 0.480 e. The van der Waals surface area contributed by atoms with Crippen LogP contribution in [0.2, 0.25) is 0 Å². The summed E-state index contributed by atoms with van der Waals surface area (Å²) in [6.45, 7) is 3.53. The first-order chi connectivity index (χ1) is 17.4. The molecule has 1 aliphatic heterocycles. The van der Waals surface area contributed by atoms with E-state index in [9.17, 15) is 4.79 Å². The summed E-state index contributed by atoms with van der Waals surface area (Å²) in [5, 5.41) is 0.815. The Morgan fingerprint density at radius 3 is 2.64 bits per heavy atom. The summed E-state index contributed by atoms with van der Waals surface area (Å²) in [5.74, 6) is 0.481. The van der Waals surface area contributed by atoms with Crippen LogP contribution >= 0.6 is 12.6 Å². The number of aromatic nitrogens is 3. The number of carbonyl (C=O) groups is 1. The molecule has 1 saturated heterocycles. The second kappa shape index (κ2) is 11.2. The smallest absolute Gasteiger partial charge is 0.258 e. The van der Waals surface area contributed by atoms with Gasteiger partial charge in [-0.3, -0.25) is 9.78 Å². The monoisotopic (exact) mass is 504 g/mol. The van der Waals surface area contributed by atoms with Crippen LogP contribution in [0.1, 0.15) is 17.3 Å². The number of carbonyl (C=O) groups excluding carboxylic acids is 1. The Bertz CT molecular complexity index is 1370. The summed E-state index contributed by atoms with van der Waals surface area (Å²) in [7, 11) is 1.53. The Morgan fingerprint density at radius 1 is 1.17 bits per heavy atom. The molecule has 0 radical (unpaired) electrons. The molecule has 0 bridgehead atoms. The van der Waals surface area contributed by atoms with Crippen molar-refractivity contribution in [2.75, 3.05) is 38.3 Å². The minimum absolute atomic E-state index is 0.00831. The molecule has 0 aliphatic carbocycles. The van der Waals surface area contributed by atoms with Crippen LogP contribution in [0.3, 0.4) is 0 Å². The van der Waals surface area contributed by atoms with Gasteiger partial charge in [0.1, 0.15) is 5.82 Å². The van der Waals surface area contributed by atoms with Crippen LogP contribution in [0.15, 0.2) is 66.0 Å². The first kappa shape index (κ1) is 25.2. The number of nitrogens with zero attached hydrogens (tertiary/aromatic N) is 4. The molecule has 1 fully saturated rings. The fraction of sp³-hybridized carbons (Fsp3) is 0.231. The number of ether oxygens (including phenoxy) is 2. The summed E-state index contributed by atoms with van der Waals surface area (Å²) in [6, 6.07) is 13.1. The third kappa shape index (κ3) is 5.67. The SMILES string of the molecule is COc1ncc(-c2ccc3nc(N)c(C(=O)N4CCOCC4C)cc3c2)cc1N.Sc1cccnc1. The number of fused-ring (bicyclic) bond motifs is 1. The number of pyridine rings is 3. The van der Waals surface area contributed by atoms with E-state index in [-0.39, 0.29) is 17.8 Å². The molecule has 0 saturated carbocycles. The molecule has 10 heteroatoms. The van der Waals surface area contributed by atoms with Gasteiger partial charge in [0.15, 0.2) is 0 Å². The molecule has 0 spiro atoms. The minimum Gasteiger partial charge on any atom is -0.480 e. The molecule has 36 heavy (non-hydrogen) atoms. The van der Waals surface area contributed by atoms with Crippen LogP contribution in [0.25, 0.3) is 22.0 Å². The second-order valence-electron chi connectivity index (χ2n) is 8.28. The molecule has 4 N–H and O–H groups in total. The fourth-order valence-electron chi connectivity index (χ4n) is 3.88. The van der Waals surface area contributed by atoms with Crippen LogP contribution in [0.4, 0.5) is 11.5 Å². The van der Waals surface area contributed by atoms with Gasteiger partial charge in [-0.1, -0.05) is 6.07 Å². The molecule has 5 rings (SSSR count). The van der Waals surface area contributed by atoms with Crippen molar-refractivity contribution in [2.24, 2.45) is 0 Å². The van der Waals surface area contributed by atoms with Gasteiger partial charge >= 0.3 is 0 Å². The Labute approximate surface area is 214 Å². The van der Waals surface area contributed by atoms with E-state index in [2.05, 4.69) is 27.6 Å². The van der Waals surface area contributed by atoms with Gasteiger partial charge in [-0.2, -0.15) is 0 Å². The van der Waals surface area contributed by atoms with Crippen LogP contribution in [0.5, 0.6) is 5.88 Å². The van der Waals surface area contributed by atoms with Crippen molar-refractivity contribution in [3.8, 4) is 17.0 Å². The number of hydrogen-bond donors (Lipinski definition) is 3. The maximum Gasteiger partial charge on any atom is 0.258 e. The molecule has 1 unspecified atom stereocenters. The van der Waals surface area contributed by atoms with Crippen molar-refractivity contribution in [2.45, 2.75) is 17.9 Å². The number of morpholine rings is 1. The second-order valence-corrected chi connectivity index (χ2v) is 8.80.